The van der Waals surface area contributed by atoms with Gasteiger partial charge in [0.15, 0.2) is 0 Å². The summed E-state index contributed by atoms with van der Waals surface area (Å²) in [6, 6.07) is 15.3. The minimum absolute atomic E-state index is 0.104. The topological polar surface area (TPSA) is 84.9 Å². The summed E-state index contributed by atoms with van der Waals surface area (Å²) < 4.78 is 10.3. The van der Waals surface area contributed by atoms with Gasteiger partial charge in [-0.25, -0.2) is 9.59 Å². The van der Waals surface area contributed by atoms with Gasteiger partial charge < -0.3 is 14.8 Å². The van der Waals surface area contributed by atoms with Crippen molar-refractivity contribution in [1.82, 2.24) is 10.2 Å². The van der Waals surface area contributed by atoms with Crippen molar-refractivity contribution in [3.8, 4) is 0 Å². The molecule has 32 heavy (non-hydrogen) atoms. The molecule has 1 heterocycles. The van der Waals surface area contributed by atoms with Crippen molar-refractivity contribution in [2.45, 2.75) is 45.0 Å². The average molecular weight is 437 g/mol. The maximum absolute atomic E-state index is 13.2. The lowest BCUT2D eigenvalue weighted by Gasteiger charge is -2.35. The zero-order valence-corrected chi connectivity index (χ0v) is 18.4. The van der Waals surface area contributed by atoms with E-state index in [4.69, 9.17) is 9.47 Å². The van der Waals surface area contributed by atoms with E-state index in [9.17, 15) is 14.4 Å². The van der Waals surface area contributed by atoms with Crippen LogP contribution in [0.5, 0.6) is 0 Å². The molecular weight excluding hydrogens is 408 g/mol. The third kappa shape index (κ3) is 5.75. The lowest BCUT2D eigenvalue weighted by molar-refractivity contribution is -0.145. The van der Waals surface area contributed by atoms with E-state index in [2.05, 4.69) is 11.9 Å². The predicted molar refractivity (Wildman–Crippen MR) is 119 cm³/mol. The van der Waals surface area contributed by atoms with Crippen LogP contribution in [0.2, 0.25) is 0 Å². The Kier molecular flexibility index (Phi) is 7.65. The van der Waals surface area contributed by atoms with Gasteiger partial charge in [-0.05, 0) is 30.0 Å². The van der Waals surface area contributed by atoms with Gasteiger partial charge in [-0.1, -0.05) is 60.2 Å². The minimum Gasteiger partial charge on any atom is -0.467 e. The van der Waals surface area contributed by atoms with Gasteiger partial charge in [0.25, 0.3) is 0 Å². The van der Waals surface area contributed by atoms with Crippen molar-refractivity contribution in [2.24, 2.45) is 0 Å². The molecule has 0 spiro atoms. The van der Waals surface area contributed by atoms with Crippen LogP contribution in [-0.2, 0) is 38.6 Å². The van der Waals surface area contributed by atoms with Crippen molar-refractivity contribution < 1.29 is 23.9 Å². The molecule has 2 aromatic carbocycles. The van der Waals surface area contributed by atoms with E-state index in [-0.39, 0.29) is 19.6 Å². The van der Waals surface area contributed by atoms with Crippen LogP contribution in [0.3, 0.4) is 0 Å². The first-order chi connectivity index (χ1) is 15.4. The summed E-state index contributed by atoms with van der Waals surface area (Å²) >= 11 is 0. The fourth-order valence-corrected chi connectivity index (χ4v) is 3.70. The number of rotatable bonds is 7. The van der Waals surface area contributed by atoms with E-state index in [1.807, 2.05) is 54.6 Å². The second-order valence-electron chi connectivity index (χ2n) is 7.90. The lowest BCUT2D eigenvalue weighted by Crippen LogP contribution is -2.55. The highest BCUT2D eigenvalue weighted by molar-refractivity contribution is 5.90. The highest BCUT2D eigenvalue weighted by Gasteiger charge is 2.37. The van der Waals surface area contributed by atoms with E-state index in [1.165, 1.54) is 12.0 Å². The maximum atomic E-state index is 13.2. The number of esters is 1. The molecule has 0 fully saturated rings. The van der Waals surface area contributed by atoms with Gasteiger partial charge in [0.05, 0.1) is 13.7 Å². The number of hydrogen-bond donors (Lipinski definition) is 1. The molecule has 0 aliphatic carbocycles. The summed E-state index contributed by atoms with van der Waals surface area (Å²) in [7, 11) is 1.27. The van der Waals surface area contributed by atoms with E-state index in [1.54, 1.807) is 6.92 Å². The van der Waals surface area contributed by atoms with Gasteiger partial charge in [-0.3, -0.25) is 9.69 Å². The van der Waals surface area contributed by atoms with Crippen LogP contribution in [0.15, 0.2) is 66.7 Å². The Hall–Kier alpha value is -3.61. The molecule has 2 aromatic rings. The third-order valence-electron chi connectivity index (χ3n) is 5.35. The fourth-order valence-electron chi connectivity index (χ4n) is 3.70. The van der Waals surface area contributed by atoms with Gasteiger partial charge >= 0.3 is 12.1 Å². The molecule has 0 unspecified atom stereocenters. The number of fused-ring (bicyclic) bond motifs is 1. The Morgan fingerprint density at radius 3 is 2.41 bits per heavy atom. The zero-order valence-electron chi connectivity index (χ0n) is 18.4. The molecule has 2 atom stereocenters. The minimum atomic E-state index is -0.871. The summed E-state index contributed by atoms with van der Waals surface area (Å²) in [6.07, 6.45) is -0.0122. The van der Waals surface area contributed by atoms with Crippen LogP contribution in [0, 0.1) is 0 Å². The Morgan fingerprint density at radius 2 is 1.75 bits per heavy atom. The summed E-state index contributed by atoms with van der Waals surface area (Å²) in [5.74, 6) is -0.997. The molecule has 0 saturated carbocycles. The molecule has 3 rings (SSSR count). The lowest BCUT2D eigenvalue weighted by atomic mass is 9.93. The highest BCUT2D eigenvalue weighted by Crippen LogP contribution is 2.25. The van der Waals surface area contributed by atoms with Crippen molar-refractivity contribution >= 4 is 18.0 Å². The van der Waals surface area contributed by atoms with Crippen LogP contribution < -0.4 is 5.32 Å². The van der Waals surface area contributed by atoms with Crippen LogP contribution in [0.25, 0.3) is 0 Å². The number of benzene rings is 2. The van der Waals surface area contributed by atoms with Gasteiger partial charge in [0.2, 0.25) is 5.91 Å². The quantitative estimate of drug-likeness (QED) is 0.531. The Balaban J connectivity index is 1.79. The number of carbonyl (C=O) groups excluding carboxylic acids is 3. The number of nitrogens with one attached hydrogen (secondary N) is 1. The van der Waals surface area contributed by atoms with Crippen molar-refractivity contribution in [3.63, 3.8) is 0 Å². The van der Waals surface area contributed by atoms with Crippen LogP contribution in [0.4, 0.5) is 4.79 Å². The summed E-state index contributed by atoms with van der Waals surface area (Å²) in [6.45, 7) is 5.93. The molecule has 168 valence electrons. The predicted octanol–water partition coefficient (Wildman–Crippen LogP) is 3.37. The maximum Gasteiger partial charge on any atom is 0.411 e. The molecular formula is C25H28N2O5. The molecule has 0 bridgehead atoms. The SMILES string of the molecule is C=C(C)C[C@H](NC(=O)[C@@H]1Cc2ccccc2CN1C(=O)OCc1ccccc1)C(=O)OC. The van der Waals surface area contributed by atoms with E-state index < -0.39 is 30.1 Å². The van der Waals surface area contributed by atoms with Gasteiger partial charge in [0, 0.05) is 6.42 Å². The fraction of sp³-hybridized carbons (Fsp3) is 0.320. The molecule has 2 amide bonds. The van der Waals surface area contributed by atoms with Crippen molar-refractivity contribution in [2.75, 3.05) is 7.11 Å². The number of ether oxygens (including phenoxy) is 2. The van der Waals surface area contributed by atoms with Crippen LogP contribution in [-0.4, -0.2) is 42.1 Å². The third-order valence-corrected chi connectivity index (χ3v) is 5.35. The second-order valence-corrected chi connectivity index (χ2v) is 7.90. The summed E-state index contributed by atoms with van der Waals surface area (Å²) in [4.78, 5) is 39.7. The summed E-state index contributed by atoms with van der Waals surface area (Å²) in [5, 5.41) is 2.73. The summed E-state index contributed by atoms with van der Waals surface area (Å²) in [5.41, 5.74) is 3.52. The number of nitrogens with zero attached hydrogens (tertiary/aromatic N) is 1. The monoisotopic (exact) mass is 436 g/mol. The first-order valence-electron chi connectivity index (χ1n) is 10.5. The molecule has 7 heteroatoms. The van der Waals surface area contributed by atoms with Gasteiger partial charge in [-0.15, -0.1) is 6.58 Å². The highest BCUT2D eigenvalue weighted by atomic mass is 16.6. The largest absolute Gasteiger partial charge is 0.467 e. The first kappa shape index (κ1) is 23.1. The Bertz CT molecular complexity index is 989. The molecule has 0 aromatic heterocycles. The molecule has 1 aliphatic rings. The number of methoxy groups -OCH3 is 1. The Morgan fingerprint density at radius 1 is 1.09 bits per heavy atom. The zero-order chi connectivity index (χ0) is 23.1. The molecule has 0 radical (unpaired) electrons. The average Bonchev–Trinajstić information content (AvgIpc) is 2.81. The normalized spacial score (nSPS) is 15.8. The molecule has 1 aliphatic heterocycles. The number of amides is 2. The van der Waals surface area contributed by atoms with Gasteiger partial charge in [0.1, 0.15) is 18.7 Å². The number of carbonyl (C=O) groups is 3. The second kappa shape index (κ2) is 10.6. The van der Waals surface area contributed by atoms with E-state index >= 15 is 0 Å². The van der Waals surface area contributed by atoms with E-state index in [0.29, 0.717) is 6.42 Å². The van der Waals surface area contributed by atoms with E-state index in [0.717, 1.165) is 22.3 Å². The number of hydrogen-bond acceptors (Lipinski definition) is 5. The molecule has 0 saturated heterocycles. The first-order valence-corrected chi connectivity index (χ1v) is 10.5. The molecule has 7 nitrogen and oxygen atoms in total. The Labute approximate surface area is 188 Å². The smallest absolute Gasteiger partial charge is 0.411 e. The van der Waals surface area contributed by atoms with Gasteiger partial charge in [-0.2, -0.15) is 0 Å². The van der Waals surface area contributed by atoms with Crippen molar-refractivity contribution in [3.05, 3.63) is 83.4 Å². The van der Waals surface area contributed by atoms with Crippen LogP contribution in [0.1, 0.15) is 30.0 Å². The standard InChI is InChI=1S/C25H28N2O5/c1-17(2)13-21(24(29)31-3)26-23(28)22-14-19-11-7-8-12-20(19)15-27(22)25(30)32-16-18-9-5-4-6-10-18/h4-12,21-22H,1,13-16H2,2-3H3,(H,26,28)/t21-,22-/m0/s1. The molecule has 1 N–H and O–H groups in total. The van der Waals surface area contributed by atoms with Crippen molar-refractivity contribution in [1.29, 1.82) is 0 Å². The van der Waals surface area contributed by atoms with Crippen LogP contribution >= 0.6 is 0 Å².